The SMILES string of the molecule is C=C(c1cc(C#N)ccn1)N(c1ccc(C)cc1)c1ccccc1C. The van der Waals surface area contributed by atoms with Gasteiger partial charge in [0, 0.05) is 17.6 Å². The number of aryl methyl sites for hydroxylation is 2. The quantitative estimate of drug-likeness (QED) is 0.646. The molecule has 0 aliphatic carbocycles. The summed E-state index contributed by atoms with van der Waals surface area (Å²) in [7, 11) is 0. The topological polar surface area (TPSA) is 39.9 Å². The van der Waals surface area contributed by atoms with Crippen molar-refractivity contribution < 1.29 is 0 Å². The van der Waals surface area contributed by atoms with Gasteiger partial charge in [-0.05, 0) is 49.7 Å². The minimum absolute atomic E-state index is 0.569. The summed E-state index contributed by atoms with van der Waals surface area (Å²) in [5.41, 5.74) is 6.37. The number of pyridine rings is 1. The maximum atomic E-state index is 9.17. The van der Waals surface area contributed by atoms with Crippen LogP contribution in [0.2, 0.25) is 0 Å². The van der Waals surface area contributed by atoms with E-state index in [9.17, 15) is 5.26 Å². The molecule has 0 unspecified atom stereocenters. The van der Waals surface area contributed by atoms with Gasteiger partial charge in [0.25, 0.3) is 0 Å². The van der Waals surface area contributed by atoms with Gasteiger partial charge in [-0.1, -0.05) is 42.5 Å². The molecule has 0 N–H and O–H groups in total. The Morgan fingerprint density at radius 3 is 2.44 bits per heavy atom. The molecule has 2 aromatic carbocycles. The molecule has 0 radical (unpaired) electrons. The van der Waals surface area contributed by atoms with E-state index < -0.39 is 0 Å². The van der Waals surface area contributed by atoms with Crippen molar-refractivity contribution in [2.24, 2.45) is 0 Å². The number of nitrogens with zero attached hydrogens (tertiary/aromatic N) is 3. The zero-order valence-corrected chi connectivity index (χ0v) is 14.4. The lowest BCUT2D eigenvalue weighted by atomic mass is 10.1. The molecular formula is C22H19N3. The number of hydrogen-bond acceptors (Lipinski definition) is 3. The first kappa shape index (κ1) is 16.5. The van der Waals surface area contributed by atoms with E-state index in [-0.39, 0.29) is 0 Å². The van der Waals surface area contributed by atoms with Crippen molar-refractivity contribution in [3.63, 3.8) is 0 Å². The highest BCUT2D eigenvalue weighted by molar-refractivity contribution is 5.87. The number of rotatable bonds is 4. The van der Waals surface area contributed by atoms with Gasteiger partial charge >= 0.3 is 0 Å². The van der Waals surface area contributed by atoms with E-state index in [1.54, 1.807) is 18.3 Å². The van der Waals surface area contributed by atoms with Crippen LogP contribution in [-0.4, -0.2) is 4.98 Å². The molecule has 3 nitrogen and oxygen atoms in total. The van der Waals surface area contributed by atoms with Crippen molar-refractivity contribution in [3.05, 3.63) is 95.8 Å². The first-order valence-electron chi connectivity index (χ1n) is 8.08. The number of benzene rings is 2. The number of para-hydroxylation sites is 1. The maximum absolute atomic E-state index is 9.17. The molecule has 0 aliphatic rings. The van der Waals surface area contributed by atoms with Crippen LogP contribution in [0.5, 0.6) is 0 Å². The molecule has 1 aromatic heterocycles. The lowest BCUT2D eigenvalue weighted by molar-refractivity contribution is 1.19. The Kier molecular flexibility index (Phi) is 4.63. The highest BCUT2D eigenvalue weighted by Gasteiger charge is 2.17. The van der Waals surface area contributed by atoms with E-state index in [1.807, 2.05) is 12.1 Å². The highest BCUT2D eigenvalue weighted by atomic mass is 15.2. The molecule has 0 aliphatic heterocycles. The van der Waals surface area contributed by atoms with Gasteiger partial charge in [0.2, 0.25) is 0 Å². The lowest BCUT2D eigenvalue weighted by Crippen LogP contribution is -2.16. The Balaban J connectivity index is 2.14. The van der Waals surface area contributed by atoms with Crippen molar-refractivity contribution >= 4 is 17.1 Å². The van der Waals surface area contributed by atoms with E-state index in [0.29, 0.717) is 11.3 Å². The first-order valence-corrected chi connectivity index (χ1v) is 8.08. The Hall–Kier alpha value is -3.38. The van der Waals surface area contributed by atoms with Crippen LogP contribution in [0.4, 0.5) is 11.4 Å². The molecule has 3 heteroatoms. The third-order valence-electron chi connectivity index (χ3n) is 4.10. The fourth-order valence-corrected chi connectivity index (χ4v) is 2.72. The van der Waals surface area contributed by atoms with Crippen LogP contribution in [0.1, 0.15) is 22.4 Å². The predicted molar refractivity (Wildman–Crippen MR) is 102 cm³/mol. The Morgan fingerprint density at radius 1 is 1.04 bits per heavy atom. The number of anilines is 2. The summed E-state index contributed by atoms with van der Waals surface area (Å²) in [5.74, 6) is 0. The Morgan fingerprint density at radius 2 is 1.76 bits per heavy atom. The number of hydrogen-bond donors (Lipinski definition) is 0. The largest absolute Gasteiger partial charge is 0.309 e. The molecule has 0 bridgehead atoms. The van der Waals surface area contributed by atoms with E-state index in [1.165, 1.54) is 5.56 Å². The molecule has 0 amide bonds. The Bertz CT molecular complexity index is 950. The van der Waals surface area contributed by atoms with E-state index >= 15 is 0 Å². The minimum atomic E-state index is 0.569. The molecule has 1 heterocycles. The number of nitriles is 1. The summed E-state index contributed by atoms with van der Waals surface area (Å²) in [6.07, 6.45) is 1.64. The summed E-state index contributed by atoms with van der Waals surface area (Å²) in [5, 5.41) is 9.17. The fourth-order valence-electron chi connectivity index (χ4n) is 2.72. The molecule has 25 heavy (non-hydrogen) atoms. The molecule has 0 saturated heterocycles. The van der Waals surface area contributed by atoms with Gasteiger partial charge in [-0.15, -0.1) is 0 Å². The normalized spacial score (nSPS) is 10.1. The summed E-state index contributed by atoms with van der Waals surface area (Å²) >= 11 is 0. The lowest BCUT2D eigenvalue weighted by Gasteiger charge is -2.28. The third-order valence-corrected chi connectivity index (χ3v) is 4.10. The maximum Gasteiger partial charge on any atom is 0.0992 e. The molecule has 3 aromatic rings. The second kappa shape index (κ2) is 7.02. The minimum Gasteiger partial charge on any atom is -0.309 e. The third kappa shape index (κ3) is 3.44. The average molecular weight is 325 g/mol. The monoisotopic (exact) mass is 325 g/mol. The molecule has 122 valence electrons. The summed E-state index contributed by atoms with van der Waals surface area (Å²) in [6, 6.07) is 22.1. The molecule has 0 spiro atoms. The summed E-state index contributed by atoms with van der Waals surface area (Å²) < 4.78 is 0. The van der Waals surface area contributed by atoms with Crippen LogP contribution in [0.3, 0.4) is 0 Å². The van der Waals surface area contributed by atoms with E-state index in [4.69, 9.17) is 0 Å². The second-order valence-corrected chi connectivity index (χ2v) is 5.95. The standard InChI is InChI=1S/C22H19N3/c1-16-8-10-20(11-9-16)25(22-7-5-4-6-17(22)2)18(3)21-14-19(15-23)12-13-24-21/h4-14H,3H2,1-2H3. The van der Waals surface area contributed by atoms with Crippen LogP contribution in [0.15, 0.2) is 73.4 Å². The van der Waals surface area contributed by atoms with Crippen molar-refractivity contribution in [1.29, 1.82) is 5.26 Å². The molecule has 0 saturated carbocycles. The second-order valence-electron chi connectivity index (χ2n) is 5.95. The van der Waals surface area contributed by atoms with E-state index in [0.717, 1.165) is 22.6 Å². The summed E-state index contributed by atoms with van der Waals surface area (Å²) in [4.78, 5) is 6.50. The van der Waals surface area contributed by atoms with Gasteiger partial charge in [-0.25, -0.2) is 0 Å². The van der Waals surface area contributed by atoms with Gasteiger partial charge in [-0.3, -0.25) is 4.98 Å². The highest BCUT2D eigenvalue weighted by Crippen LogP contribution is 2.35. The van der Waals surface area contributed by atoms with E-state index in [2.05, 4.69) is 72.8 Å². The van der Waals surface area contributed by atoms with Crippen LogP contribution in [0, 0.1) is 25.2 Å². The molecule has 0 fully saturated rings. The van der Waals surface area contributed by atoms with Gasteiger partial charge in [-0.2, -0.15) is 5.26 Å². The summed E-state index contributed by atoms with van der Waals surface area (Å²) in [6.45, 7) is 8.41. The van der Waals surface area contributed by atoms with Crippen LogP contribution in [-0.2, 0) is 0 Å². The van der Waals surface area contributed by atoms with Crippen molar-refractivity contribution in [2.75, 3.05) is 4.90 Å². The van der Waals surface area contributed by atoms with Crippen LogP contribution >= 0.6 is 0 Å². The molecular weight excluding hydrogens is 306 g/mol. The predicted octanol–water partition coefficient (Wildman–Crippen LogP) is 5.38. The van der Waals surface area contributed by atoms with Crippen molar-refractivity contribution in [2.45, 2.75) is 13.8 Å². The molecule has 0 atom stereocenters. The van der Waals surface area contributed by atoms with Crippen LogP contribution in [0.25, 0.3) is 5.70 Å². The number of aromatic nitrogens is 1. The van der Waals surface area contributed by atoms with Crippen molar-refractivity contribution in [1.82, 2.24) is 4.98 Å². The first-order chi connectivity index (χ1) is 12.1. The average Bonchev–Trinajstić information content (AvgIpc) is 2.65. The Labute approximate surface area is 148 Å². The fraction of sp³-hybridized carbons (Fsp3) is 0.0909. The van der Waals surface area contributed by atoms with Crippen LogP contribution < -0.4 is 4.90 Å². The zero-order valence-electron chi connectivity index (χ0n) is 14.4. The smallest absolute Gasteiger partial charge is 0.0992 e. The molecule has 3 rings (SSSR count). The van der Waals surface area contributed by atoms with Gasteiger partial charge in [0.15, 0.2) is 0 Å². The van der Waals surface area contributed by atoms with Gasteiger partial charge in [0.1, 0.15) is 0 Å². The zero-order chi connectivity index (χ0) is 17.8. The van der Waals surface area contributed by atoms with Gasteiger partial charge in [0.05, 0.1) is 23.0 Å². The van der Waals surface area contributed by atoms with Gasteiger partial charge < -0.3 is 4.90 Å². The van der Waals surface area contributed by atoms with Crippen molar-refractivity contribution in [3.8, 4) is 6.07 Å².